The molecule has 0 aliphatic heterocycles. The Morgan fingerprint density at radius 2 is 1.95 bits per heavy atom. The lowest BCUT2D eigenvalue weighted by Gasteiger charge is -2.07. The number of carbonyl (C=O) groups excluding carboxylic acids is 2. The first-order chi connectivity index (χ1) is 9.88. The van der Waals surface area contributed by atoms with E-state index in [4.69, 9.17) is 16.0 Å². The summed E-state index contributed by atoms with van der Waals surface area (Å²) in [6.07, 6.45) is 0. The van der Waals surface area contributed by atoms with Gasteiger partial charge >= 0.3 is 5.63 Å². The Hall–Kier alpha value is -2.40. The van der Waals surface area contributed by atoms with Crippen LogP contribution >= 0.6 is 11.6 Å². The number of Topliss-reactive ketones (excluding diaryl/α,β-unsaturated/α-hetero) is 1. The Labute approximate surface area is 125 Å². The topological polar surface area (TPSA) is 76.4 Å². The molecule has 1 aromatic heterocycles. The summed E-state index contributed by atoms with van der Waals surface area (Å²) < 4.78 is 4.94. The molecule has 0 unspecified atom stereocenters. The third-order valence-corrected chi connectivity index (χ3v) is 3.08. The van der Waals surface area contributed by atoms with Crippen LogP contribution in [0.15, 0.2) is 39.5 Å². The highest BCUT2D eigenvalue weighted by molar-refractivity contribution is 6.31. The maximum absolute atomic E-state index is 12.0. The van der Waals surface area contributed by atoms with Gasteiger partial charge in [-0.2, -0.15) is 0 Å². The first kappa shape index (κ1) is 15.0. The molecule has 21 heavy (non-hydrogen) atoms. The lowest BCUT2D eigenvalue weighted by atomic mass is 10.1. The molecule has 0 aliphatic rings. The standard InChI is InChI=1S/C15H12ClNO4/c1-8(18)12-7-13(15(20)21-9(12)2)17-14(19)10-4-3-5-11(16)6-10/h3-7H,1-2H3,(H,17,19). The third kappa shape index (κ3) is 3.38. The molecule has 1 N–H and O–H groups in total. The zero-order valence-electron chi connectivity index (χ0n) is 11.4. The number of hydrogen-bond acceptors (Lipinski definition) is 4. The molecule has 1 aromatic carbocycles. The fourth-order valence-corrected chi connectivity index (χ4v) is 2.01. The highest BCUT2D eigenvalue weighted by atomic mass is 35.5. The number of aryl methyl sites for hydroxylation is 1. The van der Waals surface area contributed by atoms with E-state index in [1.54, 1.807) is 18.2 Å². The van der Waals surface area contributed by atoms with Crippen LogP contribution in [0.2, 0.25) is 5.02 Å². The minimum absolute atomic E-state index is 0.0872. The average Bonchev–Trinajstić information content (AvgIpc) is 2.41. The molecule has 0 fully saturated rings. The minimum Gasteiger partial charge on any atom is -0.426 e. The van der Waals surface area contributed by atoms with Gasteiger partial charge in [-0.3, -0.25) is 9.59 Å². The van der Waals surface area contributed by atoms with Crippen molar-refractivity contribution >= 4 is 29.0 Å². The van der Waals surface area contributed by atoms with Crippen molar-refractivity contribution in [2.24, 2.45) is 0 Å². The highest BCUT2D eigenvalue weighted by Crippen LogP contribution is 2.14. The molecule has 0 bridgehead atoms. The second-order valence-electron chi connectivity index (χ2n) is 4.44. The number of hydrogen-bond donors (Lipinski definition) is 1. The molecule has 108 valence electrons. The molecule has 0 saturated carbocycles. The van der Waals surface area contributed by atoms with E-state index in [1.807, 2.05) is 0 Å². The van der Waals surface area contributed by atoms with Gasteiger partial charge in [0.2, 0.25) is 0 Å². The van der Waals surface area contributed by atoms with E-state index in [9.17, 15) is 14.4 Å². The first-order valence-electron chi connectivity index (χ1n) is 6.11. The zero-order chi connectivity index (χ0) is 15.6. The zero-order valence-corrected chi connectivity index (χ0v) is 12.2. The lowest BCUT2D eigenvalue weighted by molar-refractivity contribution is 0.100. The van der Waals surface area contributed by atoms with E-state index in [0.29, 0.717) is 10.6 Å². The molecule has 0 spiro atoms. The largest absolute Gasteiger partial charge is 0.426 e. The van der Waals surface area contributed by atoms with Gasteiger partial charge in [0.25, 0.3) is 5.91 Å². The van der Waals surface area contributed by atoms with E-state index in [1.165, 1.54) is 26.0 Å². The SMILES string of the molecule is CC(=O)c1cc(NC(=O)c2cccc(Cl)c2)c(=O)oc1C. The summed E-state index contributed by atoms with van der Waals surface area (Å²) in [6.45, 7) is 2.87. The van der Waals surface area contributed by atoms with Gasteiger partial charge in [0.05, 0.1) is 5.56 Å². The van der Waals surface area contributed by atoms with Gasteiger partial charge in [0.15, 0.2) is 5.78 Å². The predicted molar refractivity (Wildman–Crippen MR) is 79.1 cm³/mol. The number of ketones is 1. The quantitative estimate of drug-likeness (QED) is 0.884. The number of carbonyl (C=O) groups is 2. The Morgan fingerprint density at radius 1 is 1.24 bits per heavy atom. The molecule has 2 aromatic rings. The number of benzene rings is 1. The molecular weight excluding hydrogens is 294 g/mol. The van der Waals surface area contributed by atoms with E-state index in [0.717, 1.165) is 0 Å². The Bertz CT molecular complexity index is 779. The molecule has 5 nitrogen and oxygen atoms in total. The molecule has 0 atom stereocenters. The van der Waals surface area contributed by atoms with E-state index < -0.39 is 11.5 Å². The van der Waals surface area contributed by atoms with Crippen LogP contribution < -0.4 is 10.9 Å². The molecule has 2 rings (SSSR count). The number of nitrogens with one attached hydrogen (secondary N) is 1. The number of halogens is 1. The van der Waals surface area contributed by atoms with E-state index in [2.05, 4.69) is 5.32 Å². The van der Waals surface area contributed by atoms with Crippen molar-refractivity contribution < 1.29 is 14.0 Å². The summed E-state index contributed by atoms with van der Waals surface area (Å²) in [5, 5.41) is 2.83. The summed E-state index contributed by atoms with van der Waals surface area (Å²) in [6, 6.07) is 7.59. The summed E-state index contributed by atoms with van der Waals surface area (Å²) in [7, 11) is 0. The van der Waals surface area contributed by atoms with Crippen LogP contribution in [0.5, 0.6) is 0 Å². The van der Waals surface area contributed by atoms with Gasteiger partial charge < -0.3 is 9.73 Å². The van der Waals surface area contributed by atoms with Crippen molar-refractivity contribution in [1.82, 2.24) is 0 Å². The van der Waals surface area contributed by atoms with Crippen LogP contribution in [0.1, 0.15) is 33.4 Å². The maximum Gasteiger partial charge on any atom is 0.359 e. The molecule has 0 aliphatic carbocycles. The molecule has 1 amide bonds. The number of rotatable bonds is 3. The smallest absolute Gasteiger partial charge is 0.359 e. The fraction of sp³-hybridized carbons (Fsp3) is 0.133. The van der Waals surface area contributed by atoms with Crippen molar-refractivity contribution in [3.8, 4) is 0 Å². The first-order valence-corrected chi connectivity index (χ1v) is 6.49. The highest BCUT2D eigenvalue weighted by Gasteiger charge is 2.14. The summed E-state index contributed by atoms with van der Waals surface area (Å²) >= 11 is 5.81. The normalized spacial score (nSPS) is 10.2. The third-order valence-electron chi connectivity index (χ3n) is 2.85. The van der Waals surface area contributed by atoms with Crippen molar-refractivity contribution in [2.45, 2.75) is 13.8 Å². The lowest BCUT2D eigenvalue weighted by Crippen LogP contribution is -2.19. The fourth-order valence-electron chi connectivity index (χ4n) is 1.81. The second-order valence-corrected chi connectivity index (χ2v) is 4.87. The van der Waals surface area contributed by atoms with Crippen LogP contribution in [0.3, 0.4) is 0 Å². The number of amides is 1. The van der Waals surface area contributed by atoms with Crippen LogP contribution in [0.4, 0.5) is 5.69 Å². The Kier molecular flexibility index (Phi) is 4.23. The van der Waals surface area contributed by atoms with E-state index >= 15 is 0 Å². The van der Waals surface area contributed by atoms with Gasteiger partial charge in [-0.15, -0.1) is 0 Å². The van der Waals surface area contributed by atoms with Crippen LogP contribution in [-0.2, 0) is 0 Å². The van der Waals surface area contributed by atoms with E-state index in [-0.39, 0.29) is 22.8 Å². The minimum atomic E-state index is -0.715. The van der Waals surface area contributed by atoms with Gasteiger partial charge in [-0.05, 0) is 38.1 Å². The molecule has 0 radical (unpaired) electrons. The van der Waals surface area contributed by atoms with Crippen LogP contribution in [-0.4, -0.2) is 11.7 Å². The second kappa shape index (κ2) is 5.93. The average molecular weight is 306 g/mol. The maximum atomic E-state index is 12.0. The van der Waals surface area contributed by atoms with Gasteiger partial charge in [0.1, 0.15) is 11.4 Å². The van der Waals surface area contributed by atoms with Crippen LogP contribution in [0.25, 0.3) is 0 Å². The summed E-state index contributed by atoms with van der Waals surface area (Å²) in [5.74, 6) is -0.550. The Morgan fingerprint density at radius 3 is 2.57 bits per heavy atom. The summed E-state index contributed by atoms with van der Waals surface area (Å²) in [4.78, 5) is 35.2. The molecule has 1 heterocycles. The van der Waals surface area contributed by atoms with Gasteiger partial charge in [0, 0.05) is 10.6 Å². The number of anilines is 1. The van der Waals surface area contributed by atoms with Gasteiger partial charge in [-0.25, -0.2) is 4.79 Å². The Balaban J connectivity index is 2.35. The molecule has 6 heteroatoms. The van der Waals surface area contributed by atoms with Crippen molar-refractivity contribution in [1.29, 1.82) is 0 Å². The van der Waals surface area contributed by atoms with Crippen molar-refractivity contribution in [3.05, 3.63) is 62.7 Å². The molecular formula is C15H12ClNO4. The van der Waals surface area contributed by atoms with Crippen LogP contribution in [0, 0.1) is 6.92 Å². The predicted octanol–water partition coefficient (Wildman–Crippen LogP) is 3.06. The molecule has 0 saturated heterocycles. The summed E-state index contributed by atoms with van der Waals surface area (Å²) in [5.41, 5.74) is -0.258. The van der Waals surface area contributed by atoms with Gasteiger partial charge in [-0.1, -0.05) is 17.7 Å². The monoisotopic (exact) mass is 305 g/mol. The van der Waals surface area contributed by atoms with Crippen molar-refractivity contribution in [3.63, 3.8) is 0 Å². The van der Waals surface area contributed by atoms with Crippen molar-refractivity contribution in [2.75, 3.05) is 5.32 Å².